The highest BCUT2D eigenvalue weighted by Crippen LogP contribution is 2.30. The maximum atomic E-state index is 13.2. The van der Waals surface area contributed by atoms with Crippen LogP contribution >= 0.6 is 23.2 Å². The van der Waals surface area contributed by atoms with Gasteiger partial charge in [0.1, 0.15) is 5.82 Å². The topological polar surface area (TPSA) is 104 Å². The SMILES string of the molecule is CC(c1nc2ccccc2c(=O)[nH]1)N(CCCCCCN)C(=O)Nc1cccc(Cl)c1Cl. The van der Waals surface area contributed by atoms with Gasteiger partial charge in [-0.1, -0.05) is 54.2 Å². The van der Waals surface area contributed by atoms with Crippen LogP contribution in [0.5, 0.6) is 0 Å². The number of rotatable bonds is 9. The Hall–Kier alpha value is -2.61. The lowest BCUT2D eigenvalue weighted by Gasteiger charge is -2.29. The van der Waals surface area contributed by atoms with E-state index in [2.05, 4.69) is 15.3 Å². The Labute approximate surface area is 196 Å². The van der Waals surface area contributed by atoms with Crippen molar-refractivity contribution in [2.75, 3.05) is 18.4 Å². The number of fused-ring (bicyclic) bond motifs is 1. The average Bonchev–Trinajstić information content (AvgIpc) is 2.79. The van der Waals surface area contributed by atoms with Crippen molar-refractivity contribution in [3.8, 4) is 0 Å². The minimum absolute atomic E-state index is 0.237. The number of carbonyl (C=O) groups excluding carboxylic acids is 1. The van der Waals surface area contributed by atoms with Crippen LogP contribution in [-0.2, 0) is 0 Å². The number of carbonyl (C=O) groups is 1. The lowest BCUT2D eigenvalue weighted by Crippen LogP contribution is -2.39. The molecule has 0 spiro atoms. The van der Waals surface area contributed by atoms with Gasteiger partial charge in [0.2, 0.25) is 0 Å². The second kappa shape index (κ2) is 11.3. The summed E-state index contributed by atoms with van der Waals surface area (Å²) in [6.07, 6.45) is 3.66. The van der Waals surface area contributed by atoms with E-state index in [-0.39, 0.29) is 16.6 Å². The number of aromatic nitrogens is 2. The number of nitrogens with zero attached hydrogens (tertiary/aromatic N) is 2. The van der Waals surface area contributed by atoms with Gasteiger partial charge < -0.3 is 20.9 Å². The first kappa shape index (κ1) is 24.0. The fourth-order valence-electron chi connectivity index (χ4n) is 3.49. The number of unbranched alkanes of at least 4 members (excludes halogenated alkanes) is 3. The number of para-hydroxylation sites is 1. The monoisotopic (exact) mass is 475 g/mol. The number of benzene rings is 2. The van der Waals surface area contributed by atoms with E-state index in [1.165, 1.54) is 0 Å². The van der Waals surface area contributed by atoms with Crippen LogP contribution in [0.3, 0.4) is 0 Å². The predicted molar refractivity (Wildman–Crippen MR) is 130 cm³/mol. The maximum Gasteiger partial charge on any atom is 0.322 e. The molecule has 1 aromatic heterocycles. The predicted octanol–water partition coefficient (Wildman–Crippen LogP) is 5.34. The number of hydrogen-bond donors (Lipinski definition) is 3. The second-order valence-electron chi connectivity index (χ2n) is 7.57. The molecule has 0 bridgehead atoms. The fraction of sp³-hybridized carbons (Fsp3) is 0.348. The molecule has 3 aromatic rings. The van der Waals surface area contributed by atoms with Crippen LogP contribution in [0.25, 0.3) is 10.9 Å². The smallest absolute Gasteiger partial charge is 0.322 e. The highest BCUT2D eigenvalue weighted by Gasteiger charge is 2.24. The number of H-pyrrole nitrogens is 1. The van der Waals surface area contributed by atoms with Gasteiger partial charge in [0.15, 0.2) is 0 Å². The highest BCUT2D eigenvalue weighted by molar-refractivity contribution is 6.43. The minimum atomic E-state index is -0.472. The average molecular weight is 476 g/mol. The quantitative estimate of drug-likeness (QED) is 0.363. The van der Waals surface area contributed by atoms with E-state index in [4.69, 9.17) is 28.9 Å². The number of hydrogen-bond acceptors (Lipinski definition) is 4. The summed E-state index contributed by atoms with van der Waals surface area (Å²) in [6, 6.07) is 11.4. The fourth-order valence-corrected chi connectivity index (χ4v) is 3.84. The van der Waals surface area contributed by atoms with Crippen LogP contribution in [0, 0.1) is 0 Å². The third-order valence-electron chi connectivity index (χ3n) is 5.30. The summed E-state index contributed by atoms with van der Waals surface area (Å²) in [6.45, 7) is 2.97. The molecule has 4 N–H and O–H groups in total. The number of urea groups is 1. The standard InChI is InChI=1S/C23H27Cl2N5O2/c1-15(21-27-18-11-5-4-9-16(18)22(31)29-21)30(14-7-3-2-6-13-26)23(32)28-19-12-8-10-17(24)20(19)25/h4-5,8-12,15H,2-3,6-7,13-14,26H2,1H3,(H,28,32)(H,27,29,31). The summed E-state index contributed by atoms with van der Waals surface area (Å²) in [5.74, 6) is 0.419. The van der Waals surface area contributed by atoms with Gasteiger partial charge in [-0.2, -0.15) is 0 Å². The molecule has 1 heterocycles. The van der Waals surface area contributed by atoms with Crippen LogP contribution in [-0.4, -0.2) is 34.0 Å². The number of amides is 2. The molecule has 0 aliphatic carbocycles. The zero-order valence-electron chi connectivity index (χ0n) is 17.9. The zero-order valence-corrected chi connectivity index (χ0v) is 19.4. The maximum absolute atomic E-state index is 13.2. The normalized spacial score (nSPS) is 12.0. The van der Waals surface area contributed by atoms with E-state index < -0.39 is 6.04 Å². The molecule has 1 atom stereocenters. The summed E-state index contributed by atoms with van der Waals surface area (Å²) >= 11 is 12.3. The molecule has 2 amide bonds. The van der Waals surface area contributed by atoms with Gasteiger partial charge in [0, 0.05) is 6.54 Å². The number of nitrogens with one attached hydrogen (secondary N) is 2. The number of halogens is 2. The van der Waals surface area contributed by atoms with E-state index in [0.717, 1.165) is 25.7 Å². The highest BCUT2D eigenvalue weighted by atomic mass is 35.5. The Balaban J connectivity index is 1.86. The van der Waals surface area contributed by atoms with Gasteiger partial charge in [-0.3, -0.25) is 4.79 Å². The van der Waals surface area contributed by atoms with E-state index >= 15 is 0 Å². The van der Waals surface area contributed by atoms with Gasteiger partial charge in [-0.25, -0.2) is 9.78 Å². The molecular weight excluding hydrogens is 449 g/mol. The largest absolute Gasteiger partial charge is 0.330 e. The van der Waals surface area contributed by atoms with Crippen LogP contribution in [0.4, 0.5) is 10.5 Å². The zero-order chi connectivity index (χ0) is 23.1. The lowest BCUT2D eigenvalue weighted by atomic mass is 10.1. The summed E-state index contributed by atoms with van der Waals surface area (Å²) in [5, 5.41) is 3.97. The first-order valence-corrected chi connectivity index (χ1v) is 11.4. The molecule has 7 nitrogen and oxygen atoms in total. The van der Waals surface area contributed by atoms with Gasteiger partial charge in [0.25, 0.3) is 5.56 Å². The summed E-state index contributed by atoms with van der Waals surface area (Å²) < 4.78 is 0. The molecule has 3 rings (SSSR count). The molecule has 170 valence electrons. The number of anilines is 1. The Morgan fingerprint density at radius 1 is 1.12 bits per heavy atom. The molecule has 2 aromatic carbocycles. The lowest BCUT2D eigenvalue weighted by molar-refractivity contribution is 0.188. The van der Waals surface area contributed by atoms with Crippen LogP contribution in [0.2, 0.25) is 10.0 Å². The molecule has 32 heavy (non-hydrogen) atoms. The summed E-state index contributed by atoms with van der Waals surface area (Å²) in [7, 11) is 0. The van der Waals surface area contributed by atoms with Crippen molar-refractivity contribution >= 4 is 45.8 Å². The van der Waals surface area contributed by atoms with Crippen LogP contribution < -0.4 is 16.6 Å². The van der Waals surface area contributed by atoms with Gasteiger partial charge in [0.05, 0.1) is 32.7 Å². The Morgan fingerprint density at radius 3 is 2.66 bits per heavy atom. The molecule has 0 radical (unpaired) electrons. The first-order valence-electron chi connectivity index (χ1n) is 10.6. The van der Waals surface area contributed by atoms with Crippen molar-refractivity contribution < 1.29 is 4.79 Å². The van der Waals surface area contributed by atoms with Crippen molar-refractivity contribution in [2.24, 2.45) is 5.73 Å². The second-order valence-corrected chi connectivity index (χ2v) is 8.36. The van der Waals surface area contributed by atoms with Crippen molar-refractivity contribution in [1.29, 1.82) is 0 Å². The van der Waals surface area contributed by atoms with Crippen LogP contribution in [0.15, 0.2) is 47.3 Å². The molecule has 0 aliphatic heterocycles. The third kappa shape index (κ3) is 5.79. The summed E-state index contributed by atoms with van der Waals surface area (Å²) in [5.41, 5.74) is 6.34. The Bertz CT molecular complexity index is 1130. The minimum Gasteiger partial charge on any atom is -0.330 e. The first-order chi connectivity index (χ1) is 15.4. The van der Waals surface area contributed by atoms with Crippen molar-refractivity contribution in [3.05, 3.63) is 68.7 Å². The van der Waals surface area contributed by atoms with Gasteiger partial charge in [-0.05, 0) is 50.6 Å². The van der Waals surface area contributed by atoms with Gasteiger partial charge in [-0.15, -0.1) is 0 Å². The third-order valence-corrected chi connectivity index (χ3v) is 6.12. The van der Waals surface area contributed by atoms with E-state index in [0.29, 0.717) is 40.5 Å². The molecule has 0 fully saturated rings. The number of nitrogens with two attached hydrogens (primary N) is 1. The molecule has 0 aliphatic rings. The van der Waals surface area contributed by atoms with Crippen molar-refractivity contribution in [1.82, 2.24) is 14.9 Å². The van der Waals surface area contributed by atoms with Crippen molar-refractivity contribution in [2.45, 2.75) is 38.6 Å². The molecule has 0 saturated heterocycles. The Kier molecular flexibility index (Phi) is 8.50. The molecular formula is C23H27Cl2N5O2. The van der Waals surface area contributed by atoms with E-state index in [9.17, 15) is 9.59 Å². The summed E-state index contributed by atoms with van der Waals surface area (Å²) in [4.78, 5) is 34.8. The molecule has 9 heteroatoms. The van der Waals surface area contributed by atoms with Gasteiger partial charge >= 0.3 is 6.03 Å². The van der Waals surface area contributed by atoms with E-state index in [1.54, 1.807) is 41.3 Å². The van der Waals surface area contributed by atoms with Crippen LogP contribution in [0.1, 0.15) is 44.5 Å². The van der Waals surface area contributed by atoms with E-state index in [1.807, 2.05) is 13.0 Å². The van der Waals surface area contributed by atoms with Crippen molar-refractivity contribution in [3.63, 3.8) is 0 Å². The Morgan fingerprint density at radius 2 is 1.88 bits per heavy atom. The number of aromatic amines is 1. The molecule has 1 unspecified atom stereocenters. The molecule has 0 saturated carbocycles.